The molecule has 0 atom stereocenters. The van der Waals surface area contributed by atoms with Crippen molar-refractivity contribution in [1.82, 2.24) is 5.32 Å². The molecular formula is C15H12N2O. The molecule has 0 aliphatic rings. The molecule has 18 heavy (non-hydrogen) atoms. The normalized spacial score (nSPS) is 9.50. The van der Waals surface area contributed by atoms with Gasteiger partial charge in [-0.15, -0.1) is 0 Å². The molecule has 0 fully saturated rings. The molecule has 2 aromatic rings. The first-order valence-corrected chi connectivity index (χ1v) is 5.59. The number of amides is 1. The van der Waals surface area contributed by atoms with Crippen molar-refractivity contribution in [1.29, 1.82) is 0 Å². The van der Waals surface area contributed by atoms with Crippen LogP contribution in [0.2, 0.25) is 0 Å². The van der Waals surface area contributed by atoms with Crippen molar-refractivity contribution in [2.75, 3.05) is 0 Å². The number of carbonyl (C=O) groups is 1. The average molecular weight is 236 g/mol. The fourth-order valence-electron chi connectivity index (χ4n) is 1.57. The van der Waals surface area contributed by atoms with Crippen LogP contribution < -0.4 is 5.32 Å². The summed E-state index contributed by atoms with van der Waals surface area (Å²) in [4.78, 5) is 15.1. The van der Waals surface area contributed by atoms with Gasteiger partial charge >= 0.3 is 0 Å². The molecule has 2 rings (SSSR count). The SMILES string of the molecule is [C-]#[N+]c1ccc(C(=O)NCc2ccccc2)cc1. The van der Waals surface area contributed by atoms with Crippen LogP contribution in [0.5, 0.6) is 0 Å². The first-order valence-electron chi connectivity index (χ1n) is 5.59. The van der Waals surface area contributed by atoms with Gasteiger partial charge in [-0.05, 0) is 5.56 Å². The second-order valence-corrected chi connectivity index (χ2v) is 3.83. The molecule has 0 heterocycles. The first-order chi connectivity index (χ1) is 8.79. The van der Waals surface area contributed by atoms with E-state index in [2.05, 4.69) is 10.2 Å². The average Bonchev–Trinajstić information content (AvgIpc) is 2.46. The Morgan fingerprint density at radius 1 is 1.06 bits per heavy atom. The number of benzene rings is 2. The molecule has 0 bridgehead atoms. The van der Waals surface area contributed by atoms with Gasteiger partial charge in [-0.3, -0.25) is 4.79 Å². The van der Waals surface area contributed by atoms with E-state index in [9.17, 15) is 4.79 Å². The molecule has 1 amide bonds. The van der Waals surface area contributed by atoms with E-state index in [1.54, 1.807) is 24.3 Å². The Kier molecular flexibility index (Phi) is 3.72. The van der Waals surface area contributed by atoms with Crippen molar-refractivity contribution in [2.24, 2.45) is 0 Å². The van der Waals surface area contributed by atoms with E-state index in [0.717, 1.165) is 5.56 Å². The fraction of sp³-hybridized carbons (Fsp3) is 0.0667. The van der Waals surface area contributed by atoms with Crippen LogP contribution in [-0.2, 0) is 6.54 Å². The molecule has 0 unspecified atom stereocenters. The third-order valence-electron chi connectivity index (χ3n) is 2.55. The summed E-state index contributed by atoms with van der Waals surface area (Å²) < 4.78 is 0. The van der Waals surface area contributed by atoms with E-state index in [1.165, 1.54) is 0 Å². The van der Waals surface area contributed by atoms with Crippen LogP contribution in [0.3, 0.4) is 0 Å². The third kappa shape index (κ3) is 2.96. The minimum Gasteiger partial charge on any atom is -0.348 e. The van der Waals surface area contributed by atoms with E-state index in [1.807, 2.05) is 30.3 Å². The van der Waals surface area contributed by atoms with Gasteiger partial charge in [-0.1, -0.05) is 54.6 Å². The molecule has 0 spiro atoms. The van der Waals surface area contributed by atoms with Crippen LogP contribution >= 0.6 is 0 Å². The predicted molar refractivity (Wildman–Crippen MR) is 70.3 cm³/mol. The van der Waals surface area contributed by atoms with Gasteiger partial charge in [-0.25, -0.2) is 4.85 Å². The smallest absolute Gasteiger partial charge is 0.251 e. The van der Waals surface area contributed by atoms with Crippen molar-refractivity contribution in [2.45, 2.75) is 6.54 Å². The van der Waals surface area contributed by atoms with E-state index in [4.69, 9.17) is 6.57 Å². The minimum absolute atomic E-state index is 0.129. The highest BCUT2D eigenvalue weighted by Crippen LogP contribution is 2.12. The van der Waals surface area contributed by atoms with Crippen molar-refractivity contribution >= 4 is 11.6 Å². The summed E-state index contributed by atoms with van der Waals surface area (Å²) >= 11 is 0. The van der Waals surface area contributed by atoms with Gasteiger partial charge in [0.25, 0.3) is 5.91 Å². The quantitative estimate of drug-likeness (QED) is 0.816. The maximum absolute atomic E-state index is 11.8. The number of hydrogen-bond acceptors (Lipinski definition) is 1. The molecule has 0 aliphatic carbocycles. The summed E-state index contributed by atoms with van der Waals surface area (Å²) in [5.74, 6) is -0.129. The van der Waals surface area contributed by atoms with Gasteiger partial charge in [0.1, 0.15) is 0 Å². The van der Waals surface area contributed by atoms with E-state index >= 15 is 0 Å². The standard InChI is InChI=1S/C15H12N2O/c1-16-14-9-7-13(8-10-14)15(18)17-11-12-5-3-2-4-6-12/h2-10H,11H2,(H,17,18). The zero-order valence-electron chi connectivity index (χ0n) is 9.76. The number of nitrogens with zero attached hydrogens (tertiary/aromatic N) is 1. The lowest BCUT2D eigenvalue weighted by atomic mass is 10.2. The van der Waals surface area contributed by atoms with Crippen LogP contribution in [-0.4, -0.2) is 5.91 Å². The summed E-state index contributed by atoms with van der Waals surface area (Å²) in [5.41, 5.74) is 2.16. The zero-order chi connectivity index (χ0) is 12.8. The summed E-state index contributed by atoms with van der Waals surface area (Å²) in [5, 5.41) is 2.84. The Morgan fingerprint density at radius 2 is 1.72 bits per heavy atom. The second kappa shape index (κ2) is 5.65. The molecule has 0 aliphatic heterocycles. The minimum atomic E-state index is -0.129. The fourth-order valence-corrected chi connectivity index (χ4v) is 1.57. The monoisotopic (exact) mass is 236 g/mol. The number of nitrogens with one attached hydrogen (secondary N) is 1. The van der Waals surface area contributed by atoms with Crippen LogP contribution in [0.1, 0.15) is 15.9 Å². The van der Waals surface area contributed by atoms with Crippen molar-refractivity contribution in [3.63, 3.8) is 0 Å². The predicted octanol–water partition coefficient (Wildman–Crippen LogP) is 3.17. The van der Waals surface area contributed by atoms with Gasteiger partial charge in [0, 0.05) is 12.1 Å². The lowest BCUT2D eigenvalue weighted by Crippen LogP contribution is -2.22. The Bertz CT molecular complexity index is 568. The van der Waals surface area contributed by atoms with Gasteiger partial charge < -0.3 is 5.32 Å². The van der Waals surface area contributed by atoms with Crippen LogP contribution in [0, 0.1) is 6.57 Å². The molecule has 0 saturated heterocycles. The number of hydrogen-bond donors (Lipinski definition) is 1. The summed E-state index contributed by atoms with van der Waals surface area (Å²) in [6, 6.07) is 16.3. The van der Waals surface area contributed by atoms with Gasteiger partial charge in [0.2, 0.25) is 0 Å². The molecule has 0 saturated carbocycles. The maximum atomic E-state index is 11.8. The Hall–Kier alpha value is -2.60. The molecular weight excluding hydrogens is 224 g/mol. The second-order valence-electron chi connectivity index (χ2n) is 3.83. The van der Waals surface area contributed by atoms with E-state index in [0.29, 0.717) is 17.8 Å². The summed E-state index contributed by atoms with van der Waals surface area (Å²) in [6.45, 7) is 7.34. The van der Waals surface area contributed by atoms with Crippen LogP contribution in [0.25, 0.3) is 4.85 Å². The lowest BCUT2D eigenvalue weighted by molar-refractivity contribution is 0.0951. The highest BCUT2D eigenvalue weighted by Gasteiger charge is 2.04. The summed E-state index contributed by atoms with van der Waals surface area (Å²) in [6.07, 6.45) is 0. The Balaban J connectivity index is 1.98. The van der Waals surface area contributed by atoms with E-state index in [-0.39, 0.29) is 5.91 Å². The highest BCUT2D eigenvalue weighted by molar-refractivity contribution is 5.94. The molecule has 1 N–H and O–H groups in total. The molecule has 3 nitrogen and oxygen atoms in total. The Labute approximate surface area is 106 Å². The molecule has 2 aromatic carbocycles. The Morgan fingerprint density at radius 3 is 2.33 bits per heavy atom. The molecule has 88 valence electrons. The first kappa shape index (κ1) is 11.9. The molecule has 0 radical (unpaired) electrons. The highest BCUT2D eigenvalue weighted by atomic mass is 16.1. The maximum Gasteiger partial charge on any atom is 0.251 e. The van der Waals surface area contributed by atoms with E-state index < -0.39 is 0 Å². The largest absolute Gasteiger partial charge is 0.348 e. The number of rotatable bonds is 3. The van der Waals surface area contributed by atoms with Gasteiger partial charge in [-0.2, -0.15) is 0 Å². The molecule has 3 heteroatoms. The lowest BCUT2D eigenvalue weighted by Gasteiger charge is -2.05. The van der Waals surface area contributed by atoms with Gasteiger partial charge in [0.05, 0.1) is 6.57 Å². The van der Waals surface area contributed by atoms with Gasteiger partial charge in [0.15, 0.2) is 5.69 Å². The number of carbonyl (C=O) groups excluding carboxylic acids is 1. The van der Waals surface area contributed by atoms with Crippen molar-refractivity contribution < 1.29 is 4.79 Å². The van der Waals surface area contributed by atoms with Crippen LogP contribution in [0.4, 0.5) is 5.69 Å². The van der Waals surface area contributed by atoms with Crippen LogP contribution in [0.15, 0.2) is 54.6 Å². The van der Waals surface area contributed by atoms with Crippen molar-refractivity contribution in [3.8, 4) is 0 Å². The zero-order valence-corrected chi connectivity index (χ0v) is 9.76. The topological polar surface area (TPSA) is 33.5 Å². The van der Waals surface area contributed by atoms with Crippen molar-refractivity contribution in [3.05, 3.63) is 77.1 Å². The molecule has 0 aromatic heterocycles. The third-order valence-corrected chi connectivity index (χ3v) is 2.55. The summed E-state index contributed by atoms with van der Waals surface area (Å²) in [7, 11) is 0.